The van der Waals surface area contributed by atoms with Crippen LogP contribution in [-0.2, 0) is 4.74 Å². The summed E-state index contributed by atoms with van der Waals surface area (Å²) < 4.78 is 6.73. The number of alkyl carbamates (subject to hydrolysis) is 1. The monoisotopic (exact) mass is 421 g/mol. The third-order valence-corrected chi connectivity index (χ3v) is 4.85. The number of hydrogen-bond donors (Lipinski definition) is 2. The van der Waals surface area contributed by atoms with Crippen LogP contribution in [0, 0.1) is 0 Å². The molecule has 0 bridgehead atoms. The lowest BCUT2D eigenvalue weighted by molar-refractivity contribution is 0.0501. The Morgan fingerprint density at radius 3 is 2.41 bits per heavy atom. The van der Waals surface area contributed by atoms with Crippen molar-refractivity contribution in [3.8, 4) is 5.69 Å². The predicted molar refractivity (Wildman–Crippen MR) is 111 cm³/mol. The maximum atomic E-state index is 12.8. The minimum Gasteiger partial charge on any atom is -0.444 e. The molecule has 29 heavy (non-hydrogen) atoms. The van der Waals surface area contributed by atoms with E-state index in [4.69, 9.17) is 16.3 Å². The Morgan fingerprint density at radius 2 is 1.83 bits per heavy atom. The van der Waals surface area contributed by atoms with Gasteiger partial charge in [0.2, 0.25) is 0 Å². The van der Waals surface area contributed by atoms with Crippen LogP contribution in [0.4, 0.5) is 4.79 Å². The van der Waals surface area contributed by atoms with E-state index in [1.807, 2.05) is 26.0 Å². The van der Waals surface area contributed by atoms with Crippen molar-refractivity contribution >= 4 is 23.6 Å². The van der Waals surface area contributed by atoms with E-state index in [9.17, 15) is 9.59 Å². The molecular formula is C20H28ClN5O3. The van der Waals surface area contributed by atoms with Crippen LogP contribution < -0.4 is 10.6 Å². The van der Waals surface area contributed by atoms with Crippen LogP contribution in [0.15, 0.2) is 30.5 Å². The predicted octanol–water partition coefficient (Wildman–Crippen LogP) is 3.73. The SMILES string of the molecule is CCC(CC)(CNC(=O)OC(C)(C)C)NC(=O)c1cn(-c2ccccc2Cl)nn1. The molecule has 0 unspecified atom stereocenters. The Labute approximate surface area is 176 Å². The Hall–Kier alpha value is -2.61. The molecule has 0 aliphatic carbocycles. The third-order valence-electron chi connectivity index (χ3n) is 4.53. The van der Waals surface area contributed by atoms with Crippen molar-refractivity contribution in [2.24, 2.45) is 0 Å². The number of nitrogens with zero attached hydrogens (tertiary/aromatic N) is 3. The van der Waals surface area contributed by atoms with E-state index in [1.54, 1.807) is 32.9 Å². The molecule has 2 N–H and O–H groups in total. The quantitative estimate of drug-likeness (QED) is 0.709. The number of hydrogen-bond acceptors (Lipinski definition) is 5. The summed E-state index contributed by atoms with van der Waals surface area (Å²) in [6, 6.07) is 7.15. The second kappa shape index (κ2) is 9.26. The van der Waals surface area contributed by atoms with Crippen molar-refractivity contribution in [1.82, 2.24) is 25.6 Å². The number of ether oxygens (including phenoxy) is 1. The first kappa shape index (κ1) is 22.7. The van der Waals surface area contributed by atoms with Gasteiger partial charge in [-0.1, -0.05) is 42.8 Å². The number of benzene rings is 1. The summed E-state index contributed by atoms with van der Waals surface area (Å²) in [5, 5.41) is 14.2. The zero-order valence-electron chi connectivity index (χ0n) is 17.5. The van der Waals surface area contributed by atoms with Gasteiger partial charge in [0.15, 0.2) is 5.69 Å². The smallest absolute Gasteiger partial charge is 0.407 e. The number of rotatable bonds is 7. The fourth-order valence-corrected chi connectivity index (χ4v) is 2.93. The van der Waals surface area contributed by atoms with Gasteiger partial charge < -0.3 is 15.4 Å². The Morgan fingerprint density at radius 1 is 1.17 bits per heavy atom. The highest BCUT2D eigenvalue weighted by atomic mass is 35.5. The van der Waals surface area contributed by atoms with Crippen LogP contribution in [0.2, 0.25) is 5.02 Å². The molecule has 0 saturated carbocycles. The molecule has 0 atom stereocenters. The maximum Gasteiger partial charge on any atom is 0.407 e. The number of aromatic nitrogens is 3. The van der Waals surface area contributed by atoms with Gasteiger partial charge in [0.05, 0.1) is 22.4 Å². The van der Waals surface area contributed by atoms with E-state index in [1.165, 1.54) is 10.9 Å². The molecule has 0 aliphatic rings. The van der Waals surface area contributed by atoms with Gasteiger partial charge >= 0.3 is 6.09 Å². The molecule has 2 amide bonds. The van der Waals surface area contributed by atoms with Gasteiger partial charge in [0, 0.05) is 6.54 Å². The van der Waals surface area contributed by atoms with E-state index in [-0.39, 0.29) is 18.1 Å². The first-order valence-corrected chi connectivity index (χ1v) is 9.93. The summed E-state index contributed by atoms with van der Waals surface area (Å²) in [7, 11) is 0. The summed E-state index contributed by atoms with van der Waals surface area (Å²) in [5.41, 5.74) is -0.439. The second-order valence-electron chi connectivity index (χ2n) is 7.80. The molecule has 8 nitrogen and oxygen atoms in total. The second-order valence-corrected chi connectivity index (χ2v) is 8.20. The average molecular weight is 422 g/mol. The minimum atomic E-state index is -0.637. The Kier molecular flexibility index (Phi) is 7.24. The average Bonchev–Trinajstić information content (AvgIpc) is 3.14. The molecule has 2 rings (SSSR count). The summed E-state index contributed by atoms with van der Waals surface area (Å²) in [4.78, 5) is 24.8. The van der Waals surface area contributed by atoms with Crippen molar-refractivity contribution in [1.29, 1.82) is 0 Å². The fourth-order valence-electron chi connectivity index (χ4n) is 2.70. The highest BCUT2D eigenvalue weighted by Gasteiger charge is 2.31. The number of nitrogens with one attached hydrogen (secondary N) is 2. The molecule has 0 aliphatic heterocycles. The fraction of sp³-hybridized carbons (Fsp3) is 0.500. The number of carbonyl (C=O) groups excluding carboxylic acids is 2. The van der Waals surface area contributed by atoms with Crippen molar-refractivity contribution in [2.45, 2.75) is 58.6 Å². The van der Waals surface area contributed by atoms with Gasteiger partial charge in [-0.3, -0.25) is 4.79 Å². The maximum absolute atomic E-state index is 12.8. The van der Waals surface area contributed by atoms with E-state index in [0.29, 0.717) is 23.6 Å². The zero-order chi connectivity index (χ0) is 21.7. The third kappa shape index (κ3) is 6.19. The van der Waals surface area contributed by atoms with E-state index >= 15 is 0 Å². The molecule has 0 spiro atoms. The number of amides is 2. The van der Waals surface area contributed by atoms with Gasteiger partial charge in [0.1, 0.15) is 5.60 Å². The normalized spacial score (nSPS) is 11.8. The summed E-state index contributed by atoms with van der Waals surface area (Å²) >= 11 is 6.17. The molecule has 1 aromatic carbocycles. The molecule has 1 aromatic heterocycles. The molecule has 0 saturated heterocycles. The van der Waals surface area contributed by atoms with Gasteiger partial charge in [-0.15, -0.1) is 5.10 Å². The molecule has 1 heterocycles. The number of para-hydroxylation sites is 1. The minimum absolute atomic E-state index is 0.161. The van der Waals surface area contributed by atoms with Crippen molar-refractivity contribution < 1.29 is 14.3 Å². The van der Waals surface area contributed by atoms with Crippen LogP contribution in [-0.4, -0.2) is 44.7 Å². The molecule has 158 valence electrons. The molecule has 0 radical (unpaired) electrons. The molecule has 2 aromatic rings. The van der Waals surface area contributed by atoms with Gasteiger partial charge in [-0.05, 0) is 45.7 Å². The highest BCUT2D eigenvalue weighted by molar-refractivity contribution is 6.32. The summed E-state index contributed by atoms with van der Waals surface area (Å²) in [6.07, 6.45) is 2.23. The van der Waals surface area contributed by atoms with Gasteiger partial charge in [0.25, 0.3) is 5.91 Å². The van der Waals surface area contributed by atoms with Crippen LogP contribution in [0.5, 0.6) is 0 Å². The molecule has 9 heteroatoms. The van der Waals surface area contributed by atoms with E-state index in [0.717, 1.165) is 0 Å². The first-order chi connectivity index (χ1) is 13.6. The summed E-state index contributed by atoms with van der Waals surface area (Å²) in [5.74, 6) is -0.377. The van der Waals surface area contributed by atoms with Crippen LogP contribution in [0.3, 0.4) is 0 Å². The summed E-state index contributed by atoms with van der Waals surface area (Å²) in [6.45, 7) is 9.51. The van der Waals surface area contributed by atoms with Crippen molar-refractivity contribution in [2.75, 3.05) is 6.54 Å². The standard InChI is InChI=1S/C20H28ClN5O3/c1-6-20(7-2,13-22-18(28)29-19(3,4)5)23-17(27)15-12-26(25-24-15)16-11-9-8-10-14(16)21/h8-12H,6-7,13H2,1-5H3,(H,22,28)(H,23,27). The topological polar surface area (TPSA) is 98.1 Å². The lowest BCUT2D eigenvalue weighted by Crippen LogP contribution is -2.55. The van der Waals surface area contributed by atoms with E-state index < -0.39 is 17.2 Å². The van der Waals surface area contributed by atoms with Crippen molar-refractivity contribution in [3.05, 3.63) is 41.2 Å². The lowest BCUT2D eigenvalue weighted by Gasteiger charge is -2.33. The number of halogens is 1. The molecular weight excluding hydrogens is 394 g/mol. The van der Waals surface area contributed by atoms with E-state index in [2.05, 4.69) is 20.9 Å². The largest absolute Gasteiger partial charge is 0.444 e. The number of carbonyl (C=O) groups is 2. The highest BCUT2D eigenvalue weighted by Crippen LogP contribution is 2.19. The lowest BCUT2D eigenvalue weighted by atomic mass is 9.92. The zero-order valence-corrected chi connectivity index (χ0v) is 18.2. The van der Waals surface area contributed by atoms with Crippen molar-refractivity contribution in [3.63, 3.8) is 0 Å². The van der Waals surface area contributed by atoms with Crippen LogP contribution in [0.25, 0.3) is 5.69 Å². The van der Waals surface area contributed by atoms with Crippen LogP contribution >= 0.6 is 11.6 Å². The van der Waals surface area contributed by atoms with Crippen LogP contribution in [0.1, 0.15) is 57.9 Å². The Balaban J connectivity index is 2.09. The Bertz CT molecular complexity index is 856. The first-order valence-electron chi connectivity index (χ1n) is 9.56. The molecule has 0 fully saturated rings. The van der Waals surface area contributed by atoms with Gasteiger partial charge in [-0.2, -0.15) is 0 Å². The van der Waals surface area contributed by atoms with Gasteiger partial charge in [-0.25, -0.2) is 9.48 Å².